The topological polar surface area (TPSA) is 68.4 Å². The molecule has 1 aromatic carbocycles. The van der Waals surface area contributed by atoms with Gasteiger partial charge in [0.2, 0.25) is 0 Å². The molecule has 0 fully saturated rings. The summed E-state index contributed by atoms with van der Waals surface area (Å²) in [5.41, 5.74) is 3.16. The van der Waals surface area contributed by atoms with Crippen LogP contribution in [0.2, 0.25) is 0 Å². The van der Waals surface area contributed by atoms with E-state index in [0.29, 0.717) is 5.52 Å². The maximum absolute atomic E-state index is 12.1. The molecule has 106 valence electrons. The maximum Gasteiger partial charge on any atom is 0.253 e. The average molecular weight is 273 g/mol. The van der Waals surface area contributed by atoms with Crippen molar-refractivity contribution in [3.8, 4) is 5.75 Å². The molecule has 20 heavy (non-hydrogen) atoms. The fourth-order valence-corrected chi connectivity index (χ4v) is 2.88. The zero-order valence-corrected chi connectivity index (χ0v) is 11.8. The van der Waals surface area contributed by atoms with Crippen LogP contribution in [0.4, 0.5) is 5.69 Å². The highest BCUT2D eigenvalue weighted by atomic mass is 16.3. The second-order valence-corrected chi connectivity index (χ2v) is 5.61. The number of nitrogens with zero attached hydrogens (tertiary/aromatic N) is 1. The van der Waals surface area contributed by atoms with Crippen molar-refractivity contribution in [3.05, 3.63) is 33.6 Å². The number of aromatic amines is 1. The van der Waals surface area contributed by atoms with Crippen molar-refractivity contribution in [2.24, 2.45) is 0 Å². The van der Waals surface area contributed by atoms with E-state index in [2.05, 4.69) is 10.3 Å². The van der Waals surface area contributed by atoms with Crippen LogP contribution in [0.5, 0.6) is 5.75 Å². The molecule has 0 amide bonds. The molecule has 1 aromatic heterocycles. The van der Waals surface area contributed by atoms with E-state index in [1.54, 1.807) is 6.07 Å². The van der Waals surface area contributed by atoms with Crippen molar-refractivity contribution in [1.82, 2.24) is 9.88 Å². The summed E-state index contributed by atoms with van der Waals surface area (Å²) in [5.74, 6) is 0.223. The molecule has 0 saturated heterocycles. The number of fused-ring (bicyclic) bond motifs is 3. The van der Waals surface area contributed by atoms with Gasteiger partial charge in [-0.2, -0.15) is 0 Å². The van der Waals surface area contributed by atoms with Crippen LogP contribution in [0.3, 0.4) is 0 Å². The first-order chi connectivity index (χ1) is 9.56. The highest BCUT2D eigenvalue weighted by Crippen LogP contribution is 2.34. The molecule has 2 heterocycles. The van der Waals surface area contributed by atoms with Crippen LogP contribution in [-0.4, -0.2) is 35.6 Å². The molecule has 0 bridgehead atoms. The second kappa shape index (κ2) is 4.83. The number of hydrogen-bond donors (Lipinski definition) is 3. The fraction of sp³-hybridized carbons (Fsp3) is 0.400. The number of hydrogen-bond acceptors (Lipinski definition) is 4. The Morgan fingerprint density at radius 3 is 2.90 bits per heavy atom. The fourth-order valence-electron chi connectivity index (χ4n) is 2.88. The Morgan fingerprint density at radius 2 is 2.15 bits per heavy atom. The third-order valence-corrected chi connectivity index (χ3v) is 3.66. The van der Waals surface area contributed by atoms with Gasteiger partial charge < -0.3 is 20.3 Å². The summed E-state index contributed by atoms with van der Waals surface area (Å²) in [6, 6.07) is 3.71. The molecule has 3 N–H and O–H groups in total. The van der Waals surface area contributed by atoms with Crippen LogP contribution in [0.15, 0.2) is 16.9 Å². The maximum atomic E-state index is 12.1. The third-order valence-electron chi connectivity index (χ3n) is 3.66. The predicted molar refractivity (Wildman–Crippen MR) is 80.4 cm³/mol. The van der Waals surface area contributed by atoms with Crippen molar-refractivity contribution >= 4 is 16.6 Å². The number of nitrogens with one attached hydrogen (secondary N) is 2. The zero-order chi connectivity index (χ0) is 14.3. The quantitative estimate of drug-likeness (QED) is 0.778. The standard InChI is InChI=1S/C15H19N3O2/c1-18(2)8-9-6-11-13(12(19)7-9)14-10(15(20)17-11)4-3-5-16-14/h6-7,16,19H,3-5,8H2,1-2H3,(H,17,20). The number of rotatable bonds is 2. The van der Waals surface area contributed by atoms with E-state index >= 15 is 0 Å². The van der Waals surface area contributed by atoms with Gasteiger partial charge in [0, 0.05) is 18.7 Å². The molecule has 0 unspecified atom stereocenters. The van der Waals surface area contributed by atoms with Crippen LogP contribution in [0.25, 0.3) is 10.9 Å². The number of phenols is 1. The molecular formula is C15H19N3O2. The Balaban J connectivity index is 2.26. The van der Waals surface area contributed by atoms with E-state index in [1.165, 1.54) is 0 Å². The lowest BCUT2D eigenvalue weighted by molar-refractivity contribution is 0.401. The number of aromatic hydroxyl groups is 1. The van der Waals surface area contributed by atoms with Crippen LogP contribution < -0.4 is 10.9 Å². The van der Waals surface area contributed by atoms with Gasteiger partial charge in [-0.05, 0) is 44.6 Å². The number of H-pyrrole nitrogens is 1. The van der Waals surface area contributed by atoms with E-state index in [4.69, 9.17) is 0 Å². The summed E-state index contributed by atoms with van der Waals surface area (Å²) in [5, 5.41) is 14.3. The first-order valence-electron chi connectivity index (χ1n) is 6.85. The number of benzene rings is 1. The number of aromatic nitrogens is 1. The van der Waals surface area contributed by atoms with Gasteiger partial charge in [-0.15, -0.1) is 0 Å². The Morgan fingerprint density at radius 1 is 1.35 bits per heavy atom. The lowest BCUT2D eigenvalue weighted by Crippen LogP contribution is -2.22. The Hall–Kier alpha value is -2.01. The highest BCUT2D eigenvalue weighted by Gasteiger charge is 2.18. The average Bonchev–Trinajstić information content (AvgIpc) is 2.37. The number of pyridine rings is 1. The predicted octanol–water partition coefficient (Wildman–Crippen LogP) is 1.65. The van der Waals surface area contributed by atoms with Crippen molar-refractivity contribution < 1.29 is 5.11 Å². The molecule has 0 spiro atoms. The molecule has 1 aliphatic heterocycles. The molecule has 3 rings (SSSR count). The Bertz CT molecular complexity index is 719. The van der Waals surface area contributed by atoms with E-state index < -0.39 is 0 Å². The van der Waals surface area contributed by atoms with Gasteiger partial charge >= 0.3 is 0 Å². The van der Waals surface area contributed by atoms with Gasteiger partial charge in [0.1, 0.15) is 5.75 Å². The summed E-state index contributed by atoms with van der Waals surface area (Å²) in [4.78, 5) is 17.1. The molecule has 2 aromatic rings. The number of anilines is 1. The Kier molecular flexibility index (Phi) is 3.14. The minimum absolute atomic E-state index is 0.0545. The zero-order valence-electron chi connectivity index (χ0n) is 11.8. The molecule has 0 saturated carbocycles. The van der Waals surface area contributed by atoms with E-state index in [1.807, 2.05) is 25.1 Å². The van der Waals surface area contributed by atoms with Crippen LogP contribution in [0.1, 0.15) is 17.5 Å². The first kappa shape index (κ1) is 13.0. The van der Waals surface area contributed by atoms with Gasteiger partial charge in [-0.1, -0.05) is 0 Å². The largest absolute Gasteiger partial charge is 0.507 e. The van der Waals surface area contributed by atoms with Gasteiger partial charge in [-0.3, -0.25) is 4.79 Å². The lowest BCUT2D eigenvalue weighted by atomic mass is 10.00. The SMILES string of the molecule is CN(C)Cc1cc(O)c2c3c(c(=O)[nH]c2c1)CCCN3. The molecule has 0 atom stereocenters. The lowest BCUT2D eigenvalue weighted by Gasteiger charge is -2.20. The van der Waals surface area contributed by atoms with E-state index in [-0.39, 0.29) is 11.3 Å². The monoisotopic (exact) mass is 273 g/mol. The van der Waals surface area contributed by atoms with Gasteiger partial charge in [0.25, 0.3) is 5.56 Å². The van der Waals surface area contributed by atoms with E-state index in [0.717, 1.165) is 48.1 Å². The van der Waals surface area contributed by atoms with Crippen LogP contribution in [-0.2, 0) is 13.0 Å². The normalized spacial score (nSPS) is 14.3. The third kappa shape index (κ3) is 2.14. The Labute approximate surface area is 117 Å². The van der Waals surface area contributed by atoms with Gasteiger partial charge in [-0.25, -0.2) is 0 Å². The van der Waals surface area contributed by atoms with Crippen LogP contribution >= 0.6 is 0 Å². The highest BCUT2D eigenvalue weighted by molar-refractivity contribution is 5.98. The van der Waals surface area contributed by atoms with Gasteiger partial charge in [0.05, 0.1) is 16.6 Å². The minimum atomic E-state index is -0.0545. The molecular weight excluding hydrogens is 254 g/mol. The molecule has 5 heteroatoms. The molecule has 0 radical (unpaired) electrons. The van der Waals surface area contributed by atoms with Crippen molar-refractivity contribution in [1.29, 1.82) is 0 Å². The van der Waals surface area contributed by atoms with E-state index in [9.17, 15) is 9.90 Å². The summed E-state index contributed by atoms with van der Waals surface area (Å²) in [6.45, 7) is 1.56. The first-order valence-corrected chi connectivity index (χ1v) is 6.85. The second-order valence-electron chi connectivity index (χ2n) is 5.61. The molecule has 5 nitrogen and oxygen atoms in total. The number of phenolic OH excluding ortho intramolecular Hbond substituents is 1. The molecule has 1 aliphatic rings. The minimum Gasteiger partial charge on any atom is -0.507 e. The smallest absolute Gasteiger partial charge is 0.253 e. The van der Waals surface area contributed by atoms with Crippen molar-refractivity contribution in [2.45, 2.75) is 19.4 Å². The summed E-state index contributed by atoms with van der Waals surface area (Å²) < 4.78 is 0. The summed E-state index contributed by atoms with van der Waals surface area (Å²) in [6.07, 6.45) is 1.70. The van der Waals surface area contributed by atoms with Crippen LogP contribution in [0, 0.1) is 0 Å². The van der Waals surface area contributed by atoms with Crippen molar-refractivity contribution in [3.63, 3.8) is 0 Å². The van der Waals surface area contributed by atoms with Crippen molar-refractivity contribution in [2.75, 3.05) is 26.0 Å². The molecule has 0 aliphatic carbocycles. The van der Waals surface area contributed by atoms with Gasteiger partial charge in [0.15, 0.2) is 0 Å². The summed E-state index contributed by atoms with van der Waals surface area (Å²) in [7, 11) is 3.94. The summed E-state index contributed by atoms with van der Waals surface area (Å²) >= 11 is 0.